The lowest BCUT2D eigenvalue weighted by Crippen LogP contribution is -2.33. The maximum Gasteiger partial charge on any atom is 0.273 e. The van der Waals surface area contributed by atoms with Crippen molar-refractivity contribution in [1.29, 1.82) is 0 Å². The maximum absolute atomic E-state index is 12.5. The van der Waals surface area contributed by atoms with Gasteiger partial charge in [0.25, 0.3) is 11.6 Å². The van der Waals surface area contributed by atoms with Crippen molar-refractivity contribution in [3.63, 3.8) is 0 Å². The van der Waals surface area contributed by atoms with E-state index in [9.17, 15) is 14.9 Å². The van der Waals surface area contributed by atoms with Gasteiger partial charge in [0.15, 0.2) is 5.13 Å². The van der Waals surface area contributed by atoms with E-state index in [-0.39, 0.29) is 11.6 Å². The van der Waals surface area contributed by atoms with Crippen LogP contribution < -0.4 is 5.32 Å². The van der Waals surface area contributed by atoms with E-state index < -0.39 is 4.92 Å². The molecule has 1 aromatic heterocycles. The topological polar surface area (TPSA) is 88.4 Å². The highest BCUT2D eigenvalue weighted by molar-refractivity contribution is 7.14. The molecule has 1 fully saturated rings. The molecule has 0 radical (unpaired) electrons. The van der Waals surface area contributed by atoms with Gasteiger partial charge in [0, 0.05) is 35.7 Å². The molecule has 1 amide bonds. The normalized spacial score (nSPS) is 17.8. The first-order valence-electron chi connectivity index (χ1n) is 8.66. The maximum atomic E-state index is 12.5. The molecule has 26 heavy (non-hydrogen) atoms. The summed E-state index contributed by atoms with van der Waals surface area (Å²) in [5.41, 5.74) is 1.53. The molecule has 0 unspecified atom stereocenters. The van der Waals surface area contributed by atoms with Crippen molar-refractivity contribution in [2.45, 2.75) is 33.2 Å². The number of thiazole rings is 1. The number of likely N-dealkylation sites (tertiary alicyclic amines) is 1. The first-order valence-corrected chi connectivity index (χ1v) is 9.54. The molecule has 8 heteroatoms. The quantitative estimate of drug-likeness (QED) is 0.634. The van der Waals surface area contributed by atoms with Crippen molar-refractivity contribution in [2.24, 2.45) is 5.92 Å². The van der Waals surface area contributed by atoms with Gasteiger partial charge in [0.1, 0.15) is 0 Å². The van der Waals surface area contributed by atoms with Crippen molar-refractivity contribution in [3.05, 3.63) is 50.5 Å². The minimum atomic E-state index is -0.479. The van der Waals surface area contributed by atoms with Crippen molar-refractivity contribution in [3.8, 4) is 0 Å². The van der Waals surface area contributed by atoms with Crippen LogP contribution in [-0.2, 0) is 6.54 Å². The van der Waals surface area contributed by atoms with E-state index in [2.05, 4.69) is 22.1 Å². The minimum Gasteiger partial charge on any atom is -0.298 e. The molecule has 3 rings (SSSR count). The monoisotopic (exact) mass is 374 g/mol. The summed E-state index contributed by atoms with van der Waals surface area (Å²) < 4.78 is 0. The fourth-order valence-corrected chi connectivity index (χ4v) is 4.02. The van der Waals surface area contributed by atoms with Crippen LogP contribution in [0.15, 0.2) is 23.6 Å². The van der Waals surface area contributed by atoms with Gasteiger partial charge >= 0.3 is 0 Å². The number of nitro benzene ring substituents is 1. The van der Waals surface area contributed by atoms with Crippen LogP contribution in [0.25, 0.3) is 0 Å². The highest BCUT2D eigenvalue weighted by Crippen LogP contribution is 2.24. The predicted octanol–water partition coefficient (Wildman–Crippen LogP) is 3.84. The van der Waals surface area contributed by atoms with E-state index in [1.54, 1.807) is 13.0 Å². The van der Waals surface area contributed by atoms with Crippen LogP contribution in [0.4, 0.5) is 10.8 Å². The Morgan fingerprint density at radius 1 is 1.50 bits per heavy atom. The molecule has 2 aromatic rings. The molecular weight excluding hydrogens is 352 g/mol. The smallest absolute Gasteiger partial charge is 0.273 e. The highest BCUT2D eigenvalue weighted by Gasteiger charge is 2.20. The second-order valence-corrected chi connectivity index (χ2v) is 7.65. The number of anilines is 1. The summed E-state index contributed by atoms with van der Waals surface area (Å²) in [6.45, 7) is 6.78. The average Bonchev–Trinajstić information content (AvgIpc) is 3.01. The zero-order valence-electron chi connectivity index (χ0n) is 14.9. The Hall–Kier alpha value is -2.32. The third-order valence-corrected chi connectivity index (χ3v) is 5.45. The molecule has 0 aliphatic carbocycles. The number of carbonyl (C=O) groups is 1. The van der Waals surface area contributed by atoms with Gasteiger partial charge in [-0.2, -0.15) is 0 Å². The molecule has 0 spiro atoms. The molecule has 1 aliphatic rings. The first kappa shape index (κ1) is 18.5. The zero-order chi connectivity index (χ0) is 18.7. The van der Waals surface area contributed by atoms with Gasteiger partial charge in [-0.05, 0) is 38.3 Å². The van der Waals surface area contributed by atoms with Gasteiger partial charge in [0.2, 0.25) is 0 Å². The molecule has 1 aliphatic heterocycles. The summed E-state index contributed by atoms with van der Waals surface area (Å²) in [6.07, 6.45) is 2.48. The van der Waals surface area contributed by atoms with Crippen molar-refractivity contribution < 1.29 is 9.72 Å². The number of aromatic nitrogens is 1. The van der Waals surface area contributed by atoms with Gasteiger partial charge in [-0.15, -0.1) is 11.3 Å². The highest BCUT2D eigenvalue weighted by atomic mass is 32.1. The molecule has 1 atom stereocenters. The first-order chi connectivity index (χ1) is 12.4. The summed E-state index contributed by atoms with van der Waals surface area (Å²) in [5.74, 6) is 0.331. The lowest BCUT2D eigenvalue weighted by molar-refractivity contribution is -0.385. The number of nitrogens with one attached hydrogen (secondary N) is 1. The molecule has 7 nitrogen and oxygen atoms in total. The summed E-state index contributed by atoms with van der Waals surface area (Å²) in [5, 5.41) is 16.3. The van der Waals surface area contributed by atoms with Crippen LogP contribution in [0.1, 0.15) is 41.4 Å². The fourth-order valence-electron chi connectivity index (χ4n) is 3.33. The number of rotatable bonds is 5. The van der Waals surface area contributed by atoms with E-state index in [1.165, 1.54) is 36.3 Å². The van der Waals surface area contributed by atoms with E-state index >= 15 is 0 Å². The van der Waals surface area contributed by atoms with Gasteiger partial charge in [-0.25, -0.2) is 4.98 Å². The SMILES string of the molecule is Cc1c(C(=O)Nc2nc(CN3CCC[C@H](C)C3)cs2)cccc1[N+](=O)[O-]. The molecule has 1 saturated heterocycles. The van der Waals surface area contributed by atoms with Crippen molar-refractivity contribution in [1.82, 2.24) is 9.88 Å². The van der Waals surface area contributed by atoms with Gasteiger partial charge in [0.05, 0.1) is 10.6 Å². The van der Waals surface area contributed by atoms with Crippen LogP contribution in [0.5, 0.6) is 0 Å². The molecule has 2 heterocycles. The Morgan fingerprint density at radius 2 is 2.31 bits per heavy atom. The Kier molecular flexibility index (Phi) is 5.63. The fraction of sp³-hybridized carbons (Fsp3) is 0.444. The Labute approximate surface area is 156 Å². The number of hydrogen-bond donors (Lipinski definition) is 1. The standard InChI is InChI=1S/C18H22N4O3S/c1-12-5-4-8-21(9-12)10-14-11-26-18(19-14)20-17(23)15-6-3-7-16(13(15)2)22(24)25/h3,6-7,11-12H,4-5,8-10H2,1-2H3,(H,19,20,23)/t12-/m0/s1. The third kappa shape index (κ3) is 4.25. The summed E-state index contributed by atoms with van der Waals surface area (Å²) in [7, 11) is 0. The van der Waals surface area contributed by atoms with Gasteiger partial charge in [-0.1, -0.05) is 13.0 Å². The Bertz CT molecular complexity index is 821. The van der Waals surface area contributed by atoms with E-state index in [0.29, 0.717) is 22.2 Å². The van der Waals surface area contributed by atoms with Crippen molar-refractivity contribution in [2.75, 3.05) is 18.4 Å². The number of nitrogens with zero attached hydrogens (tertiary/aromatic N) is 3. The van der Waals surface area contributed by atoms with Crippen LogP contribution in [0, 0.1) is 23.0 Å². The van der Waals surface area contributed by atoms with Gasteiger partial charge < -0.3 is 0 Å². The second kappa shape index (κ2) is 7.92. The summed E-state index contributed by atoms with van der Waals surface area (Å²) in [6, 6.07) is 4.50. The predicted molar refractivity (Wildman–Crippen MR) is 102 cm³/mol. The van der Waals surface area contributed by atoms with Crippen LogP contribution >= 0.6 is 11.3 Å². The van der Waals surface area contributed by atoms with Crippen LogP contribution in [0.2, 0.25) is 0 Å². The lowest BCUT2D eigenvalue weighted by Gasteiger charge is -2.30. The van der Waals surface area contributed by atoms with Crippen LogP contribution in [-0.4, -0.2) is 33.8 Å². The minimum absolute atomic E-state index is 0.0586. The van der Waals surface area contributed by atoms with Crippen molar-refractivity contribution >= 4 is 28.1 Å². The molecule has 0 saturated carbocycles. The molecule has 1 aromatic carbocycles. The molecular formula is C18H22N4O3S. The van der Waals surface area contributed by atoms with E-state index in [0.717, 1.165) is 25.3 Å². The molecule has 1 N–H and O–H groups in total. The summed E-state index contributed by atoms with van der Waals surface area (Å²) >= 11 is 1.37. The second-order valence-electron chi connectivity index (χ2n) is 6.79. The zero-order valence-corrected chi connectivity index (χ0v) is 15.7. The average molecular weight is 374 g/mol. The van der Waals surface area contributed by atoms with E-state index in [4.69, 9.17) is 0 Å². The Morgan fingerprint density at radius 3 is 3.04 bits per heavy atom. The number of nitro groups is 1. The number of benzene rings is 1. The molecule has 138 valence electrons. The molecule has 0 bridgehead atoms. The largest absolute Gasteiger partial charge is 0.298 e. The number of carbonyl (C=O) groups excluding carboxylic acids is 1. The van der Waals surface area contributed by atoms with Gasteiger partial charge in [-0.3, -0.25) is 25.1 Å². The van der Waals surface area contributed by atoms with Crippen LogP contribution in [0.3, 0.4) is 0 Å². The lowest BCUT2D eigenvalue weighted by atomic mass is 10.0. The van der Waals surface area contributed by atoms with E-state index in [1.807, 2.05) is 5.38 Å². The Balaban J connectivity index is 1.66. The third-order valence-electron chi connectivity index (χ3n) is 4.65. The summed E-state index contributed by atoms with van der Waals surface area (Å²) in [4.78, 5) is 29.9. The number of amides is 1. The number of hydrogen-bond acceptors (Lipinski definition) is 6. The number of piperidine rings is 1.